The van der Waals surface area contributed by atoms with E-state index in [9.17, 15) is 0 Å². The quantitative estimate of drug-likeness (QED) is 0.756. The summed E-state index contributed by atoms with van der Waals surface area (Å²) in [6.07, 6.45) is 2.79. The zero-order valence-corrected chi connectivity index (χ0v) is 8.78. The van der Waals surface area contributed by atoms with Gasteiger partial charge < -0.3 is 4.84 Å². The molecule has 1 aromatic rings. The minimum atomic E-state index is 0.181. The number of nitrogens with zero attached hydrogens (tertiary/aromatic N) is 2. The van der Waals surface area contributed by atoms with Crippen LogP contribution in [0.2, 0.25) is 0 Å². The molecule has 0 bridgehead atoms. The summed E-state index contributed by atoms with van der Waals surface area (Å²) in [4.78, 5) is 9.32. The Labute approximate surface area is 84.9 Å². The van der Waals surface area contributed by atoms with Crippen LogP contribution in [0, 0.1) is 0 Å². The Hall–Kier alpha value is -0.900. The predicted molar refractivity (Wildman–Crippen MR) is 53.6 cm³/mol. The Morgan fingerprint density at radius 2 is 2.38 bits per heavy atom. The maximum atomic E-state index is 5.09. The van der Waals surface area contributed by atoms with Crippen LogP contribution in [-0.2, 0) is 4.84 Å². The third kappa shape index (κ3) is 1.88. The molecule has 2 heterocycles. The van der Waals surface area contributed by atoms with E-state index in [2.05, 4.69) is 26.1 Å². The number of pyridine rings is 1. The fourth-order valence-corrected chi connectivity index (χ4v) is 1.43. The first-order valence-corrected chi connectivity index (χ1v) is 4.89. The molecule has 0 amide bonds. The van der Waals surface area contributed by atoms with E-state index in [0.29, 0.717) is 0 Å². The van der Waals surface area contributed by atoms with Crippen molar-refractivity contribution in [2.75, 3.05) is 0 Å². The highest BCUT2D eigenvalue weighted by molar-refractivity contribution is 9.10. The smallest absolute Gasteiger partial charge is 0.130 e. The summed E-state index contributed by atoms with van der Waals surface area (Å²) < 4.78 is 0.976. The third-order valence-electron chi connectivity index (χ3n) is 1.85. The summed E-state index contributed by atoms with van der Waals surface area (Å²) in [5.41, 5.74) is 1.83. The lowest BCUT2D eigenvalue weighted by Crippen LogP contribution is -2.04. The summed E-state index contributed by atoms with van der Waals surface area (Å²) in [5.74, 6) is 0. The summed E-state index contributed by atoms with van der Waals surface area (Å²) in [5, 5.41) is 3.96. The minimum absolute atomic E-state index is 0.181. The van der Waals surface area contributed by atoms with Gasteiger partial charge in [-0.05, 0) is 35.0 Å². The molecule has 0 saturated heterocycles. The molecule has 0 aromatic carbocycles. The zero-order chi connectivity index (χ0) is 9.26. The van der Waals surface area contributed by atoms with E-state index in [-0.39, 0.29) is 6.10 Å². The van der Waals surface area contributed by atoms with Gasteiger partial charge in [-0.15, -0.1) is 0 Å². The fourth-order valence-electron chi connectivity index (χ4n) is 1.20. The average Bonchev–Trinajstić information content (AvgIpc) is 2.53. The number of aromatic nitrogens is 1. The first-order valence-electron chi connectivity index (χ1n) is 4.10. The van der Waals surface area contributed by atoms with Crippen molar-refractivity contribution in [3.63, 3.8) is 0 Å². The number of halogens is 1. The SMILES string of the molecule is C[C@H]1CC(c2ccc(Br)cn2)=NO1. The van der Waals surface area contributed by atoms with Crippen molar-refractivity contribution in [2.24, 2.45) is 5.16 Å². The van der Waals surface area contributed by atoms with E-state index >= 15 is 0 Å². The van der Waals surface area contributed by atoms with Gasteiger partial charge in [0, 0.05) is 17.1 Å². The molecule has 4 heteroatoms. The molecule has 1 aliphatic heterocycles. The van der Waals surface area contributed by atoms with Gasteiger partial charge in [-0.25, -0.2) is 0 Å². The van der Waals surface area contributed by atoms with Crippen molar-refractivity contribution in [3.05, 3.63) is 28.5 Å². The van der Waals surface area contributed by atoms with Crippen LogP contribution in [0.15, 0.2) is 28.0 Å². The van der Waals surface area contributed by atoms with Gasteiger partial charge in [0.15, 0.2) is 0 Å². The van der Waals surface area contributed by atoms with Crippen LogP contribution in [0.3, 0.4) is 0 Å². The molecular weight excluding hydrogens is 232 g/mol. The molecule has 0 aliphatic carbocycles. The number of hydrogen-bond acceptors (Lipinski definition) is 3. The van der Waals surface area contributed by atoms with Crippen LogP contribution in [0.5, 0.6) is 0 Å². The van der Waals surface area contributed by atoms with Crippen LogP contribution in [0.1, 0.15) is 19.0 Å². The maximum absolute atomic E-state index is 5.09. The molecule has 0 unspecified atom stereocenters. The molecule has 13 heavy (non-hydrogen) atoms. The molecule has 68 valence electrons. The van der Waals surface area contributed by atoms with Crippen molar-refractivity contribution in [1.82, 2.24) is 4.98 Å². The second kappa shape index (κ2) is 3.46. The van der Waals surface area contributed by atoms with Crippen LogP contribution in [0.25, 0.3) is 0 Å². The first kappa shape index (κ1) is 8.69. The Balaban J connectivity index is 2.22. The van der Waals surface area contributed by atoms with Crippen LogP contribution >= 0.6 is 15.9 Å². The average molecular weight is 241 g/mol. The van der Waals surface area contributed by atoms with Crippen LogP contribution in [-0.4, -0.2) is 16.8 Å². The Bertz CT molecular complexity index is 334. The number of hydrogen-bond donors (Lipinski definition) is 0. The lowest BCUT2D eigenvalue weighted by atomic mass is 10.1. The Morgan fingerprint density at radius 3 is 2.92 bits per heavy atom. The van der Waals surface area contributed by atoms with Gasteiger partial charge in [0.2, 0.25) is 0 Å². The summed E-state index contributed by atoms with van der Waals surface area (Å²) in [6.45, 7) is 2.00. The van der Waals surface area contributed by atoms with Gasteiger partial charge in [-0.1, -0.05) is 5.16 Å². The van der Waals surface area contributed by atoms with Gasteiger partial charge in [0.05, 0.1) is 5.69 Å². The molecule has 0 radical (unpaired) electrons. The monoisotopic (exact) mass is 240 g/mol. The summed E-state index contributed by atoms with van der Waals surface area (Å²) in [6, 6.07) is 3.89. The van der Waals surface area contributed by atoms with Gasteiger partial charge in [-0.2, -0.15) is 0 Å². The predicted octanol–water partition coefficient (Wildman–Crippen LogP) is 2.36. The van der Waals surface area contributed by atoms with E-state index in [1.54, 1.807) is 6.20 Å². The molecule has 0 N–H and O–H groups in total. The highest BCUT2D eigenvalue weighted by Gasteiger charge is 2.18. The highest BCUT2D eigenvalue weighted by atomic mass is 79.9. The van der Waals surface area contributed by atoms with Gasteiger partial charge >= 0.3 is 0 Å². The van der Waals surface area contributed by atoms with Gasteiger partial charge in [0.1, 0.15) is 11.8 Å². The molecule has 3 nitrogen and oxygen atoms in total. The second-order valence-electron chi connectivity index (χ2n) is 3.02. The van der Waals surface area contributed by atoms with Crippen molar-refractivity contribution < 1.29 is 4.84 Å². The minimum Gasteiger partial charge on any atom is -0.392 e. The van der Waals surface area contributed by atoms with E-state index in [0.717, 1.165) is 22.3 Å². The Kier molecular flexibility index (Phi) is 2.31. The van der Waals surface area contributed by atoms with E-state index in [4.69, 9.17) is 4.84 Å². The standard InChI is InChI=1S/C9H9BrN2O/c1-6-4-9(12-13-6)8-3-2-7(10)5-11-8/h2-3,5-6H,4H2,1H3/t6-/m0/s1. The lowest BCUT2D eigenvalue weighted by molar-refractivity contribution is 0.0995. The molecule has 0 spiro atoms. The van der Waals surface area contributed by atoms with Crippen molar-refractivity contribution >= 4 is 21.6 Å². The lowest BCUT2D eigenvalue weighted by Gasteiger charge is -1.97. The van der Waals surface area contributed by atoms with Crippen LogP contribution < -0.4 is 0 Å². The van der Waals surface area contributed by atoms with Crippen molar-refractivity contribution in [2.45, 2.75) is 19.4 Å². The van der Waals surface area contributed by atoms with E-state index in [1.807, 2.05) is 19.1 Å². The molecule has 0 saturated carbocycles. The zero-order valence-electron chi connectivity index (χ0n) is 7.20. The molecule has 2 rings (SSSR count). The molecule has 1 aliphatic rings. The topological polar surface area (TPSA) is 34.5 Å². The normalized spacial score (nSPS) is 21.1. The highest BCUT2D eigenvalue weighted by Crippen LogP contribution is 2.15. The number of oxime groups is 1. The van der Waals surface area contributed by atoms with Gasteiger partial charge in [-0.3, -0.25) is 4.98 Å². The third-order valence-corrected chi connectivity index (χ3v) is 2.32. The Morgan fingerprint density at radius 1 is 1.54 bits per heavy atom. The number of rotatable bonds is 1. The fraction of sp³-hybridized carbons (Fsp3) is 0.333. The maximum Gasteiger partial charge on any atom is 0.130 e. The van der Waals surface area contributed by atoms with Crippen LogP contribution in [0.4, 0.5) is 0 Å². The van der Waals surface area contributed by atoms with E-state index in [1.165, 1.54) is 0 Å². The summed E-state index contributed by atoms with van der Waals surface area (Å²) >= 11 is 3.33. The summed E-state index contributed by atoms with van der Waals surface area (Å²) in [7, 11) is 0. The molecule has 1 aromatic heterocycles. The second-order valence-corrected chi connectivity index (χ2v) is 3.94. The molecule has 1 atom stereocenters. The largest absolute Gasteiger partial charge is 0.392 e. The molecular formula is C9H9BrN2O. The first-order chi connectivity index (χ1) is 6.25. The van der Waals surface area contributed by atoms with Crippen molar-refractivity contribution in [1.29, 1.82) is 0 Å². The van der Waals surface area contributed by atoms with E-state index < -0.39 is 0 Å². The van der Waals surface area contributed by atoms with Gasteiger partial charge in [0.25, 0.3) is 0 Å². The van der Waals surface area contributed by atoms with Crippen molar-refractivity contribution in [3.8, 4) is 0 Å². The molecule has 0 fully saturated rings.